The van der Waals surface area contributed by atoms with Crippen molar-refractivity contribution in [3.63, 3.8) is 0 Å². The maximum absolute atomic E-state index is 12.5. The summed E-state index contributed by atoms with van der Waals surface area (Å²) in [5.41, 5.74) is 5.49. The predicted octanol–water partition coefficient (Wildman–Crippen LogP) is 1.11. The third-order valence-electron chi connectivity index (χ3n) is 2.42. The third-order valence-corrected chi connectivity index (χ3v) is 2.42. The van der Waals surface area contributed by atoms with Gasteiger partial charge in [-0.1, -0.05) is 0 Å². The second-order valence-corrected chi connectivity index (χ2v) is 2.99. The zero-order valence-corrected chi connectivity index (χ0v) is 5.90. The fraction of sp³-hybridized carbons (Fsp3) is 1.00. The molecule has 0 aliphatic heterocycles. The molecule has 2 N–H and O–H groups in total. The molecule has 0 heterocycles. The lowest BCUT2D eigenvalue weighted by molar-refractivity contribution is 0.284. The Hall–Kier alpha value is 0.180. The van der Waals surface area contributed by atoms with Crippen LogP contribution in [0.15, 0.2) is 0 Å². The molecule has 2 fully saturated rings. The number of hydrogen-bond acceptors (Lipinski definition) is 1. The first kappa shape index (κ1) is 7.29. The summed E-state index contributed by atoms with van der Waals surface area (Å²) in [5, 5.41) is 0. The molecule has 2 aliphatic carbocycles. The molecule has 2 saturated carbocycles. The van der Waals surface area contributed by atoms with Crippen molar-refractivity contribution in [2.24, 2.45) is 17.6 Å². The van der Waals surface area contributed by atoms with E-state index in [1.54, 1.807) is 0 Å². The van der Waals surface area contributed by atoms with E-state index in [1.165, 1.54) is 6.42 Å². The van der Waals surface area contributed by atoms with Crippen molar-refractivity contribution in [1.82, 2.24) is 0 Å². The summed E-state index contributed by atoms with van der Waals surface area (Å²) >= 11 is 0. The zero-order chi connectivity index (χ0) is 5.72. The molecule has 0 bridgehead atoms. The van der Waals surface area contributed by atoms with Crippen LogP contribution in [-0.4, -0.2) is 12.2 Å². The summed E-state index contributed by atoms with van der Waals surface area (Å²) < 4.78 is 12.5. The third kappa shape index (κ3) is 0.945. The molecule has 4 unspecified atom stereocenters. The van der Waals surface area contributed by atoms with Crippen LogP contribution in [0.25, 0.3) is 0 Å². The molecule has 0 aromatic carbocycles. The van der Waals surface area contributed by atoms with Crippen LogP contribution in [0.1, 0.15) is 12.8 Å². The molecule has 1 nitrogen and oxygen atoms in total. The number of alkyl halides is 1. The molecule has 3 heteroatoms. The molecule has 0 saturated heterocycles. The monoisotopic (exact) mass is 151 g/mol. The van der Waals surface area contributed by atoms with Crippen molar-refractivity contribution in [3.8, 4) is 0 Å². The number of nitrogens with two attached hydrogens (primary N) is 1. The van der Waals surface area contributed by atoms with Crippen LogP contribution in [0.3, 0.4) is 0 Å². The van der Waals surface area contributed by atoms with Crippen molar-refractivity contribution in [1.29, 1.82) is 0 Å². The van der Waals surface area contributed by atoms with Crippen molar-refractivity contribution >= 4 is 12.4 Å². The highest BCUT2D eigenvalue weighted by atomic mass is 35.5. The SMILES string of the molecule is Cl.NC1C(F)CC2CC21. The van der Waals surface area contributed by atoms with Crippen LogP contribution < -0.4 is 5.73 Å². The molecular weight excluding hydrogens is 141 g/mol. The fourth-order valence-corrected chi connectivity index (χ4v) is 1.73. The van der Waals surface area contributed by atoms with E-state index in [-0.39, 0.29) is 18.4 Å². The molecule has 0 amide bonds. The van der Waals surface area contributed by atoms with Crippen LogP contribution in [0.2, 0.25) is 0 Å². The number of hydrogen-bond donors (Lipinski definition) is 1. The van der Waals surface area contributed by atoms with Gasteiger partial charge in [0.25, 0.3) is 0 Å². The van der Waals surface area contributed by atoms with E-state index >= 15 is 0 Å². The van der Waals surface area contributed by atoms with Gasteiger partial charge in [-0.05, 0) is 24.7 Å². The Balaban J connectivity index is 0.000000405. The average molecular weight is 152 g/mol. The Bertz CT molecular complexity index is 118. The van der Waals surface area contributed by atoms with Gasteiger partial charge in [-0.3, -0.25) is 0 Å². The summed E-state index contributed by atoms with van der Waals surface area (Å²) in [4.78, 5) is 0. The molecule has 4 atom stereocenters. The van der Waals surface area contributed by atoms with Gasteiger partial charge in [-0.25, -0.2) is 4.39 Å². The topological polar surface area (TPSA) is 26.0 Å². The van der Waals surface area contributed by atoms with Gasteiger partial charge in [-0.15, -0.1) is 12.4 Å². The highest BCUT2D eigenvalue weighted by Gasteiger charge is 2.52. The number of fused-ring (bicyclic) bond motifs is 1. The van der Waals surface area contributed by atoms with E-state index in [1.807, 2.05) is 0 Å². The van der Waals surface area contributed by atoms with Crippen molar-refractivity contribution in [2.45, 2.75) is 25.1 Å². The first-order valence-corrected chi connectivity index (χ1v) is 3.18. The largest absolute Gasteiger partial charge is 0.325 e. The Kier molecular flexibility index (Phi) is 1.70. The van der Waals surface area contributed by atoms with Gasteiger partial charge >= 0.3 is 0 Å². The van der Waals surface area contributed by atoms with Crippen LogP contribution >= 0.6 is 12.4 Å². The first-order valence-electron chi connectivity index (χ1n) is 3.18. The second kappa shape index (κ2) is 2.10. The first-order chi connectivity index (χ1) is 3.79. The minimum atomic E-state index is -0.682. The smallest absolute Gasteiger partial charge is 0.116 e. The Morgan fingerprint density at radius 1 is 1.33 bits per heavy atom. The molecule has 0 radical (unpaired) electrons. The average Bonchev–Trinajstić information content (AvgIpc) is 2.39. The Morgan fingerprint density at radius 2 is 2.00 bits per heavy atom. The molecular formula is C6H11ClFN. The van der Waals surface area contributed by atoms with Crippen molar-refractivity contribution < 1.29 is 4.39 Å². The van der Waals surface area contributed by atoms with Gasteiger partial charge in [-0.2, -0.15) is 0 Å². The molecule has 2 rings (SSSR count). The van der Waals surface area contributed by atoms with Crippen molar-refractivity contribution in [3.05, 3.63) is 0 Å². The maximum atomic E-state index is 12.5. The lowest BCUT2D eigenvalue weighted by Crippen LogP contribution is -2.29. The lowest BCUT2D eigenvalue weighted by Gasteiger charge is -2.07. The molecule has 0 aromatic rings. The number of rotatable bonds is 0. The van der Waals surface area contributed by atoms with Gasteiger partial charge in [0.2, 0.25) is 0 Å². The second-order valence-electron chi connectivity index (χ2n) is 2.99. The van der Waals surface area contributed by atoms with Crippen LogP contribution in [0, 0.1) is 11.8 Å². The summed E-state index contributed by atoms with van der Waals surface area (Å²) in [6, 6.07) is -0.111. The summed E-state index contributed by atoms with van der Waals surface area (Å²) in [7, 11) is 0. The standard InChI is InChI=1S/C6H10FN.ClH/c7-5-2-3-1-4(3)6(5)8;/h3-6H,1-2,8H2;1H. The molecule has 9 heavy (non-hydrogen) atoms. The molecule has 0 spiro atoms. The molecule has 0 aromatic heterocycles. The lowest BCUT2D eigenvalue weighted by atomic mass is 10.2. The number of halogens is 2. The van der Waals surface area contributed by atoms with Gasteiger partial charge in [0.05, 0.1) is 0 Å². The highest BCUT2D eigenvalue weighted by Crippen LogP contribution is 2.51. The summed E-state index contributed by atoms with van der Waals surface area (Å²) in [6.07, 6.45) is 1.26. The minimum Gasteiger partial charge on any atom is -0.325 e. The van der Waals surface area contributed by atoms with Crippen LogP contribution in [0.5, 0.6) is 0 Å². The maximum Gasteiger partial charge on any atom is 0.116 e. The zero-order valence-electron chi connectivity index (χ0n) is 5.09. The van der Waals surface area contributed by atoms with Crippen LogP contribution in [-0.2, 0) is 0 Å². The van der Waals surface area contributed by atoms with E-state index < -0.39 is 6.17 Å². The molecule has 2 aliphatic rings. The Morgan fingerprint density at radius 3 is 2.22 bits per heavy atom. The van der Waals surface area contributed by atoms with E-state index in [9.17, 15) is 4.39 Å². The molecule has 54 valence electrons. The summed E-state index contributed by atoms with van der Waals surface area (Å²) in [6.45, 7) is 0. The highest BCUT2D eigenvalue weighted by molar-refractivity contribution is 5.85. The van der Waals surface area contributed by atoms with Gasteiger partial charge in [0.15, 0.2) is 0 Å². The van der Waals surface area contributed by atoms with E-state index in [4.69, 9.17) is 5.73 Å². The van der Waals surface area contributed by atoms with Crippen molar-refractivity contribution in [2.75, 3.05) is 0 Å². The quantitative estimate of drug-likeness (QED) is 0.552. The predicted molar refractivity (Wildman–Crippen MR) is 36.3 cm³/mol. The minimum absolute atomic E-state index is 0. The van der Waals surface area contributed by atoms with Gasteiger partial charge < -0.3 is 5.73 Å². The van der Waals surface area contributed by atoms with Crippen LogP contribution in [0.4, 0.5) is 4.39 Å². The normalized spacial score (nSPS) is 54.0. The van der Waals surface area contributed by atoms with Gasteiger partial charge in [0.1, 0.15) is 6.17 Å². The summed E-state index contributed by atoms with van der Waals surface area (Å²) in [5.74, 6) is 1.23. The van der Waals surface area contributed by atoms with E-state index in [0.29, 0.717) is 11.8 Å². The van der Waals surface area contributed by atoms with E-state index in [0.717, 1.165) is 6.42 Å². The van der Waals surface area contributed by atoms with E-state index in [2.05, 4.69) is 0 Å². The fourth-order valence-electron chi connectivity index (χ4n) is 1.73. The van der Waals surface area contributed by atoms with Gasteiger partial charge in [0, 0.05) is 6.04 Å². The Labute approximate surface area is 60.2 Å².